The molecule has 1 heterocycles. The molecule has 0 saturated carbocycles. The van der Waals surface area contributed by atoms with Crippen molar-refractivity contribution in [3.63, 3.8) is 0 Å². The highest BCUT2D eigenvalue weighted by molar-refractivity contribution is 5.51. The van der Waals surface area contributed by atoms with E-state index in [1.165, 1.54) is 0 Å². The van der Waals surface area contributed by atoms with Crippen LogP contribution in [0.4, 0.5) is 5.69 Å². The summed E-state index contributed by atoms with van der Waals surface area (Å²) < 4.78 is 5.22. The molecule has 0 aliphatic carbocycles. The number of hydrogen-bond donors (Lipinski definition) is 1. The van der Waals surface area contributed by atoms with Crippen LogP contribution in [0.15, 0.2) is 24.3 Å². The minimum Gasteiger partial charge on any atom is -0.497 e. The first-order valence-electron chi connectivity index (χ1n) is 6.10. The number of methoxy groups -OCH3 is 1. The average Bonchev–Trinajstić information content (AvgIpc) is 2.33. The smallest absolute Gasteiger partial charge is 0.120 e. The van der Waals surface area contributed by atoms with Crippen LogP contribution >= 0.6 is 0 Å². The predicted molar refractivity (Wildman–Crippen MR) is 69.6 cm³/mol. The van der Waals surface area contributed by atoms with Gasteiger partial charge in [-0.05, 0) is 24.0 Å². The fourth-order valence-electron chi connectivity index (χ4n) is 2.18. The van der Waals surface area contributed by atoms with Gasteiger partial charge in [-0.2, -0.15) is 0 Å². The standard InChI is InChI=1S/C14H21NO2/c1-14(2)7-8-15(10-13(14)16)11-5-4-6-12(9-11)17-3/h4-6,9,13,16H,7-8,10H2,1-3H3. The lowest BCUT2D eigenvalue weighted by atomic mass is 9.80. The van der Waals surface area contributed by atoms with Crippen LogP contribution in [-0.4, -0.2) is 31.4 Å². The Bertz CT molecular complexity index is 390. The number of β-amino-alcohol motifs (C(OH)–C–C–N with tert-alkyl or cyclic N) is 1. The molecule has 1 aromatic carbocycles. The molecule has 2 rings (SSSR count). The Morgan fingerprint density at radius 3 is 2.82 bits per heavy atom. The number of aliphatic hydroxyl groups is 1. The summed E-state index contributed by atoms with van der Waals surface area (Å²) in [7, 11) is 1.67. The van der Waals surface area contributed by atoms with E-state index in [4.69, 9.17) is 4.74 Å². The van der Waals surface area contributed by atoms with Crippen LogP contribution in [0.1, 0.15) is 20.3 Å². The van der Waals surface area contributed by atoms with Crippen LogP contribution in [0.2, 0.25) is 0 Å². The maximum absolute atomic E-state index is 10.1. The quantitative estimate of drug-likeness (QED) is 0.853. The molecule has 0 radical (unpaired) electrons. The van der Waals surface area contributed by atoms with E-state index in [1.54, 1.807) is 7.11 Å². The molecule has 94 valence electrons. The maximum atomic E-state index is 10.1. The van der Waals surface area contributed by atoms with Gasteiger partial charge in [0.2, 0.25) is 0 Å². The van der Waals surface area contributed by atoms with Crippen LogP contribution in [0.25, 0.3) is 0 Å². The summed E-state index contributed by atoms with van der Waals surface area (Å²) in [6, 6.07) is 8.01. The third-order valence-corrected chi connectivity index (χ3v) is 3.74. The van der Waals surface area contributed by atoms with Gasteiger partial charge in [-0.3, -0.25) is 0 Å². The normalized spacial score (nSPS) is 23.5. The van der Waals surface area contributed by atoms with Crippen molar-refractivity contribution in [3.05, 3.63) is 24.3 Å². The number of hydrogen-bond acceptors (Lipinski definition) is 3. The molecule has 1 aromatic rings. The Kier molecular flexibility index (Phi) is 3.29. The number of rotatable bonds is 2. The van der Waals surface area contributed by atoms with Gasteiger partial charge >= 0.3 is 0 Å². The molecule has 1 aliphatic rings. The van der Waals surface area contributed by atoms with Crippen LogP contribution in [0.5, 0.6) is 5.75 Å². The molecule has 0 aromatic heterocycles. The number of ether oxygens (including phenoxy) is 1. The molecule has 1 saturated heterocycles. The zero-order valence-electron chi connectivity index (χ0n) is 10.8. The van der Waals surface area contributed by atoms with Gasteiger partial charge in [0.05, 0.1) is 13.2 Å². The topological polar surface area (TPSA) is 32.7 Å². The molecule has 17 heavy (non-hydrogen) atoms. The van der Waals surface area contributed by atoms with E-state index in [1.807, 2.05) is 18.2 Å². The molecule has 1 fully saturated rings. The molecule has 3 heteroatoms. The van der Waals surface area contributed by atoms with Crippen molar-refractivity contribution in [2.75, 3.05) is 25.1 Å². The van der Waals surface area contributed by atoms with Gasteiger partial charge in [0.25, 0.3) is 0 Å². The predicted octanol–water partition coefficient (Wildman–Crippen LogP) is 2.29. The monoisotopic (exact) mass is 235 g/mol. The van der Waals surface area contributed by atoms with Crippen LogP contribution in [-0.2, 0) is 0 Å². The van der Waals surface area contributed by atoms with E-state index >= 15 is 0 Å². The van der Waals surface area contributed by atoms with Crippen LogP contribution < -0.4 is 9.64 Å². The lowest BCUT2D eigenvalue weighted by Gasteiger charge is -2.42. The summed E-state index contributed by atoms with van der Waals surface area (Å²) in [5.41, 5.74) is 1.15. The van der Waals surface area contributed by atoms with Gasteiger partial charge in [0.1, 0.15) is 5.75 Å². The number of aliphatic hydroxyl groups excluding tert-OH is 1. The van der Waals surface area contributed by atoms with E-state index in [0.29, 0.717) is 6.54 Å². The van der Waals surface area contributed by atoms with Gasteiger partial charge < -0.3 is 14.7 Å². The molecular weight excluding hydrogens is 214 g/mol. The van der Waals surface area contributed by atoms with Crippen LogP contribution in [0.3, 0.4) is 0 Å². The first-order valence-corrected chi connectivity index (χ1v) is 6.10. The lowest BCUT2D eigenvalue weighted by Crippen LogP contribution is -2.48. The minimum atomic E-state index is -0.276. The molecule has 0 bridgehead atoms. The van der Waals surface area contributed by atoms with Gasteiger partial charge in [-0.15, -0.1) is 0 Å². The number of anilines is 1. The summed E-state index contributed by atoms with van der Waals surface area (Å²) in [4.78, 5) is 2.22. The molecule has 3 nitrogen and oxygen atoms in total. The van der Waals surface area contributed by atoms with Gasteiger partial charge in [-0.25, -0.2) is 0 Å². The third kappa shape index (κ3) is 2.55. The molecule has 1 aliphatic heterocycles. The average molecular weight is 235 g/mol. The van der Waals surface area contributed by atoms with Crippen molar-refractivity contribution in [2.45, 2.75) is 26.4 Å². The Balaban J connectivity index is 2.13. The van der Waals surface area contributed by atoms with Crippen molar-refractivity contribution in [1.29, 1.82) is 0 Å². The Labute approximate surface area is 103 Å². The van der Waals surface area contributed by atoms with Crippen molar-refractivity contribution in [2.24, 2.45) is 5.41 Å². The largest absolute Gasteiger partial charge is 0.497 e. The van der Waals surface area contributed by atoms with E-state index < -0.39 is 0 Å². The van der Waals surface area contributed by atoms with Crippen molar-refractivity contribution in [1.82, 2.24) is 0 Å². The first kappa shape index (κ1) is 12.2. The summed E-state index contributed by atoms with van der Waals surface area (Å²) in [6.45, 7) is 5.93. The fraction of sp³-hybridized carbons (Fsp3) is 0.571. The van der Waals surface area contributed by atoms with Crippen LogP contribution in [0, 0.1) is 5.41 Å². The Morgan fingerprint density at radius 2 is 2.18 bits per heavy atom. The molecular formula is C14H21NO2. The third-order valence-electron chi connectivity index (χ3n) is 3.74. The summed E-state index contributed by atoms with van der Waals surface area (Å²) in [5, 5.41) is 10.1. The zero-order valence-corrected chi connectivity index (χ0v) is 10.8. The number of nitrogens with zero attached hydrogens (tertiary/aromatic N) is 1. The van der Waals surface area contributed by atoms with Gasteiger partial charge in [0.15, 0.2) is 0 Å². The second-order valence-electron chi connectivity index (χ2n) is 5.40. The second kappa shape index (κ2) is 4.57. The molecule has 0 spiro atoms. The second-order valence-corrected chi connectivity index (χ2v) is 5.40. The van der Waals surface area contributed by atoms with Gasteiger partial charge in [-0.1, -0.05) is 19.9 Å². The highest BCUT2D eigenvalue weighted by atomic mass is 16.5. The Hall–Kier alpha value is -1.22. The number of benzene rings is 1. The summed E-state index contributed by atoms with van der Waals surface area (Å²) >= 11 is 0. The van der Waals surface area contributed by atoms with Crippen molar-refractivity contribution < 1.29 is 9.84 Å². The lowest BCUT2D eigenvalue weighted by molar-refractivity contribution is 0.0351. The zero-order chi connectivity index (χ0) is 12.5. The van der Waals surface area contributed by atoms with Crippen molar-refractivity contribution in [3.8, 4) is 5.75 Å². The van der Waals surface area contributed by atoms with Gasteiger partial charge in [0, 0.05) is 24.8 Å². The molecule has 1 atom stereocenters. The fourth-order valence-corrected chi connectivity index (χ4v) is 2.18. The minimum absolute atomic E-state index is 0.0232. The highest BCUT2D eigenvalue weighted by Gasteiger charge is 2.34. The van der Waals surface area contributed by atoms with E-state index in [-0.39, 0.29) is 11.5 Å². The molecule has 1 unspecified atom stereocenters. The van der Waals surface area contributed by atoms with E-state index in [2.05, 4.69) is 24.8 Å². The SMILES string of the molecule is COc1cccc(N2CCC(C)(C)C(O)C2)c1. The van der Waals surface area contributed by atoms with Crippen molar-refractivity contribution >= 4 is 5.69 Å². The van der Waals surface area contributed by atoms with E-state index in [9.17, 15) is 5.11 Å². The first-order chi connectivity index (χ1) is 8.03. The maximum Gasteiger partial charge on any atom is 0.120 e. The number of piperidine rings is 1. The summed E-state index contributed by atoms with van der Waals surface area (Å²) in [5.74, 6) is 0.863. The Morgan fingerprint density at radius 1 is 1.41 bits per heavy atom. The van der Waals surface area contributed by atoms with E-state index in [0.717, 1.165) is 24.4 Å². The molecule has 1 N–H and O–H groups in total. The molecule has 0 amide bonds. The highest BCUT2D eigenvalue weighted by Crippen LogP contribution is 2.33. The summed E-state index contributed by atoms with van der Waals surface area (Å²) in [6.07, 6.45) is 0.730.